The van der Waals surface area contributed by atoms with Gasteiger partial charge in [-0.3, -0.25) is 14.8 Å². The van der Waals surface area contributed by atoms with Crippen LogP contribution in [0.3, 0.4) is 0 Å². The molecular weight excluding hydrogens is 364 g/mol. The number of aromatic nitrogens is 2. The van der Waals surface area contributed by atoms with Crippen LogP contribution in [0.4, 0.5) is 5.69 Å². The summed E-state index contributed by atoms with van der Waals surface area (Å²) in [5.74, 6) is 0.101. The molecule has 0 spiro atoms. The number of anilines is 1. The van der Waals surface area contributed by atoms with Crippen LogP contribution in [0.25, 0.3) is 10.9 Å². The molecule has 1 saturated heterocycles. The molecule has 6 nitrogen and oxygen atoms in total. The normalized spacial score (nSPS) is 14.9. The molecule has 29 heavy (non-hydrogen) atoms. The van der Waals surface area contributed by atoms with E-state index in [1.807, 2.05) is 6.07 Å². The van der Waals surface area contributed by atoms with Crippen molar-refractivity contribution in [3.8, 4) is 5.75 Å². The predicted molar refractivity (Wildman–Crippen MR) is 114 cm³/mol. The summed E-state index contributed by atoms with van der Waals surface area (Å²) in [4.78, 5) is 22.6. The van der Waals surface area contributed by atoms with Gasteiger partial charge in [0.2, 0.25) is 0 Å². The van der Waals surface area contributed by atoms with Crippen molar-refractivity contribution in [2.75, 3.05) is 18.0 Å². The Labute approximate surface area is 170 Å². The first-order chi connectivity index (χ1) is 14.1. The monoisotopic (exact) mass is 390 g/mol. The second-order valence-electron chi connectivity index (χ2n) is 7.44. The van der Waals surface area contributed by atoms with E-state index in [1.54, 1.807) is 18.3 Å². The van der Waals surface area contributed by atoms with E-state index in [2.05, 4.69) is 41.9 Å². The first-order valence-electron chi connectivity index (χ1n) is 10.1. The van der Waals surface area contributed by atoms with E-state index in [4.69, 9.17) is 15.5 Å². The average Bonchev–Trinajstić information content (AvgIpc) is 2.73. The van der Waals surface area contributed by atoms with Gasteiger partial charge in [0.1, 0.15) is 17.5 Å². The minimum atomic E-state index is -0.544. The number of carbonyl (C=O) groups excluding carboxylic acids is 1. The molecule has 0 radical (unpaired) electrons. The van der Waals surface area contributed by atoms with Gasteiger partial charge in [-0.05, 0) is 31.0 Å². The number of rotatable bonds is 5. The van der Waals surface area contributed by atoms with Crippen molar-refractivity contribution < 1.29 is 9.53 Å². The number of ether oxygens (including phenoxy) is 1. The van der Waals surface area contributed by atoms with E-state index >= 15 is 0 Å². The third-order valence-corrected chi connectivity index (χ3v) is 5.57. The number of amides is 1. The van der Waals surface area contributed by atoms with Gasteiger partial charge in [-0.1, -0.05) is 25.1 Å². The molecule has 6 heteroatoms. The molecular formula is C23H26N4O2. The van der Waals surface area contributed by atoms with Gasteiger partial charge in [0.05, 0.1) is 11.2 Å². The van der Waals surface area contributed by atoms with Crippen LogP contribution < -0.4 is 15.4 Å². The molecule has 0 unspecified atom stereocenters. The molecule has 1 aliphatic rings. The maximum Gasteiger partial charge on any atom is 0.267 e. The van der Waals surface area contributed by atoms with Gasteiger partial charge in [-0.25, -0.2) is 0 Å². The van der Waals surface area contributed by atoms with Crippen LogP contribution in [0.15, 0.2) is 42.6 Å². The molecule has 0 bridgehead atoms. The molecule has 1 aliphatic heterocycles. The number of hydrogen-bond donors (Lipinski definition) is 1. The van der Waals surface area contributed by atoms with E-state index in [1.165, 1.54) is 16.6 Å². The Morgan fingerprint density at radius 3 is 2.72 bits per heavy atom. The summed E-state index contributed by atoms with van der Waals surface area (Å²) in [6.07, 6.45) is 4.44. The van der Waals surface area contributed by atoms with Crippen LogP contribution >= 0.6 is 0 Å². The number of pyridine rings is 2. The second-order valence-corrected chi connectivity index (χ2v) is 7.44. The van der Waals surface area contributed by atoms with Crippen molar-refractivity contribution in [1.82, 2.24) is 9.97 Å². The van der Waals surface area contributed by atoms with Crippen LogP contribution in [-0.4, -0.2) is 35.1 Å². The molecule has 1 fully saturated rings. The maximum atomic E-state index is 11.3. The third-order valence-electron chi connectivity index (χ3n) is 5.57. The van der Waals surface area contributed by atoms with Crippen molar-refractivity contribution in [1.29, 1.82) is 0 Å². The predicted octanol–water partition coefficient (Wildman–Crippen LogP) is 3.65. The Kier molecular flexibility index (Phi) is 5.34. The molecule has 0 saturated carbocycles. The van der Waals surface area contributed by atoms with Crippen molar-refractivity contribution >= 4 is 22.5 Å². The molecule has 0 aliphatic carbocycles. The average molecular weight is 390 g/mol. The smallest absolute Gasteiger partial charge is 0.267 e. The van der Waals surface area contributed by atoms with Crippen molar-refractivity contribution in [3.05, 3.63) is 59.5 Å². The summed E-state index contributed by atoms with van der Waals surface area (Å²) >= 11 is 0. The van der Waals surface area contributed by atoms with Crippen LogP contribution in [0.5, 0.6) is 5.75 Å². The molecule has 0 atom stereocenters. The lowest BCUT2D eigenvalue weighted by Gasteiger charge is -2.35. The summed E-state index contributed by atoms with van der Waals surface area (Å²) in [6, 6.07) is 11.8. The lowest BCUT2D eigenvalue weighted by Crippen LogP contribution is -2.39. The van der Waals surface area contributed by atoms with Crippen molar-refractivity contribution in [2.45, 2.75) is 39.2 Å². The van der Waals surface area contributed by atoms with Gasteiger partial charge in [0.15, 0.2) is 0 Å². The number of piperidine rings is 1. The Morgan fingerprint density at radius 1 is 1.24 bits per heavy atom. The fourth-order valence-corrected chi connectivity index (χ4v) is 4.15. The zero-order chi connectivity index (χ0) is 20.4. The van der Waals surface area contributed by atoms with Crippen molar-refractivity contribution in [2.24, 2.45) is 5.73 Å². The lowest BCUT2D eigenvalue weighted by molar-refractivity contribution is 0.0994. The first kappa shape index (κ1) is 19.2. The van der Waals surface area contributed by atoms with Gasteiger partial charge in [0.25, 0.3) is 5.91 Å². The van der Waals surface area contributed by atoms with Gasteiger partial charge >= 0.3 is 0 Å². The number of hydrogen-bond acceptors (Lipinski definition) is 5. The molecule has 1 aromatic carbocycles. The van der Waals surface area contributed by atoms with E-state index in [0.717, 1.165) is 43.6 Å². The molecule has 4 rings (SSSR count). The summed E-state index contributed by atoms with van der Waals surface area (Å²) in [6.45, 7) is 6.13. The molecule has 3 heterocycles. The molecule has 1 amide bonds. The van der Waals surface area contributed by atoms with E-state index in [9.17, 15) is 4.79 Å². The maximum absolute atomic E-state index is 11.3. The number of para-hydroxylation sites is 1. The topological polar surface area (TPSA) is 81.3 Å². The summed E-state index contributed by atoms with van der Waals surface area (Å²) in [7, 11) is 0. The Hall–Kier alpha value is -3.15. The summed E-state index contributed by atoms with van der Waals surface area (Å²) < 4.78 is 6.11. The minimum absolute atomic E-state index is 0.105. The Morgan fingerprint density at radius 2 is 2.00 bits per heavy atom. The van der Waals surface area contributed by atoms with Gasteiger partial charge in [0, 0.05) is 49.3 Å². The SMILES string of the molecule is CCc1c(C)nc2ccccc2c1N1CCC(Oc2ccnc(C(N)=O)c2)CC1. The zero-order valence-electron chi connectivity index (χ0n) is 16.9. The highest BCUT2D eigenvalue weighted by Crippen LogP contribution is 2.34. The zero-order valence-corrected chi connectivity index (χ0v) is 16.9. The van der Waals surface area contributed by atoms with E-state index in [-0.39, 0.29) is 11.8 Å². The highest BCUT2D eigenvalue weighted by Gasteiger charge is 2.24. The number of aryl methyl sites for hydroxylation is 1. The van der Waals surface area contributed by atoms with E-state index < -0.39 is 5.91 Å². The fourth-order valence-electron chi connectivity index (χ4n) is 4.15. The minimum Gasteiger partial charge on any atom is -0.490 e. The van der Waals surface area contributed by atoms with Crippen LogP contribution in [-0.2, 0) is 6.42 Å². The van der Waals surface area contributed by atoms with Gasteiger partial charge in [-0.15, -0.1) is 0 Å². The second kappa shape index (κ2) is 8.07. The number of primary amides is 1. The van der Waals surface area contributed by atoms with Gasteiger partial charge < -0.3 is 15.4 Å². The fraction of sp³-hybridized carbons (Fsp3) is 0.348. The largest absolute Gasteiger partial charge is 0.490 e. The molecule has 150 valence electrons. The standard InChI is InChI=1S/C23H26N4O2/c1-3-18-15(2)26-20-7-5-4-6-19(20)22(18)27-12-9-16(10-13-27)29-17-8-11-25-21(14-17)23(24)28/h4-8,11,14,16H,3,9-10,12-13H2,1-2H3,(H2,24,28). The summed E-state index contributed by atoms with van der Waals surface area (Å²) in [5, 5.41) is 1.22. The van der Waals surface area contributed by atoms with Crippen LogP contribution in [0, 0.1) is 6.92 Å². The Balaban J connectivity index is 1.53. The quantitative estimate of drug-likeness (QED) is 0.719. The lowest BCUT2D eigenvalue weighted by atomic mass is 9.99. The first-order valence-corrected chi connectivity index (χ1v) is 10.1. The molecule has 2 aromatic heterocycles. The van der Waals surface area contributed by atoms with Gasteiger partial charge in [-0.2, -0.15) is 0 Å². The highest BCUT2D eigenvalue weighted by atomic mass is 16.5. The van der Waals surface area contributed by atoms with Crippen molar-refractivity contribution in [3.63, 3.8) is 0 Å². The van der Waals surface area contributed by atoms with E-state index in [0.29, 0.717) is 5.75 Å². The van der Waals surface area contributed by atoms with Crippen LogP contribution in [0.2, 0.25) is 0 Å². The highest BCUT2D eigenvalue weighted by molar-refractivity contribution is 5.94. The number of benzene rings is 1. The third kappa shape index (κ3) is 3.88. The number of carbonyl (C=O) groups is 1. The number of nitrogens with zero attached hydrogens (tertiary/aromatic N) is 3. The number of fused-ring (bicyclic) bond motifs is 1. The summed E-state index contributed by atoms with van der Waals surface area (Å²) in [5.41, 5.74) is 10.3. The number of nitrogens with two attached hydrogens (primary N) is 1. The molecule has 2 N–H and O–H groups in total. The molecule has 3 aromatic rings. The Bertz CT molecular complexity index is 1040. The van der Waals surface area contributed by atoms with Crippen LogP contribution in [0.1, 0.15) is 41.5 Å².